The number of rotatable bonds is 6. The first-order valence-electron chi connectivity index (χ1n) is 7.86. The zero-order valence-electron chi connectivity index (χ0n) is 14.4. The summed E-state index contributed by atoms with van der Waals surface area (Å²) in [6.07, 6.45) is -0.0754. The summed E-state index contributed by atoms with van der Waals surface area (Å²) < 4.78 is 0. The number of nitrogens with one attached hydrogen (secondary N) is 1. The van der Waals surface area contributed by atoms with E-state index in [1.807, 2.05) is 5.38 Å². The maximum atomic E-state index is 12.3. The highest BCUT2D eigenvalue weighted by Gasteiger charge is 2.21. The lowest BCUT2D eigenvalue weighted by atomic mass is 9.98. The van der Waals surface area contributed by atoms with Crippen molar-refractivity contribution in [1.82, 2.24) is 10.3 Å². The fourth-order valence-corrected chi connectivity index (χ4v) is 3.30. The molecule has 0 aliphatic rings. The second-order valence-electron chi connectivity index (χ2n) is 6.84. The molecule has 0 aliphatic carbocycles. The van der Waals surface area contributed by atoms with Crippen LogP contribution in [0.3, 0.4) is 0 Å². The number of benzene rings is 1. The lowest BCUT2D eigenvalue weighted by molar-refractivity contribution is -0.137. The number of aromatic nitrogens is 1. The maximum Gasteiger partial charge on any atom is 0.305 e. The summed E-state index contributed by atoms with van der Waals surface area (Å²) in [6.45, 7) is 6.21. The monoisotopic (exact) mass is 380 g/mol. The quantitative estimate of drug-likeness (QED) is 0.794. The predicted octanol–water partition coefficient (Wildman–Crippen LogP) is 3.97. The Morgan fingerprint density at radius 2 is 1.92 bits per heavy atom. The van der Waals surface area contributed by atoms with E-state index >= 15 is 0 Å². The third-order valence-corrected chi connectivity index (χ3v) is 5.09. The van der Waals surface area contributed by atoms with Gasteiger partial charge in [0.1, 0.15) is 0 Å². The van der Waals surface area contributed by atoms with Crippen molar-refractivity contribution in [2.75, 3.05) is 0 Å². The van der Waals surface area contributed by atoms with Crippen LogP contribution in [0.15, 0.2) is 29.6 Å². The highest BCUT2D eigenvalue weighted by atomic mass is 35.5. The van der Waals surface area contributed by atoms with Crippen molar-refractivity contribution >= 4 is 34.8 Å². The summed E-state index contributed by atoms with van der Waals surface area (Å²) in [5, 5.41) is 15.3. The van der Waals surface area contributed by atoms with Gasteiger partial charge in [0.25, 0.3) is 0 Å². The summed E-state index contributed by atoms with van der Waals surface area (Å²) in [5.74, 6) is -1.24. The molecule has 1 atom stereocenters. The van der Waals surface area contributed by atoms with Crippen LogP contribution in [-0.2, 0) is 21.4 Å². The van der Waals surface area contributed by atoms with Crippen molar-refractivity contribution in [2.24, 2.45) is 0 Å². The van der Waals surface area contributed by atoms with Gasteiger partial charge in [-0.2, -0.15) is 0 Å². The number of carbonyl (C=O) groups is 2. The fraction of sp³-hybridized carbons (Fsp3) is 0.389. The second kappa shape index (κ2) is 7.97. The van der Waals surface area contributed by atoms with Gasteiger partial charge in [-0.05, 0) is 17.7 Å². The van der Waals surface area contributed by atoms with E-state index in [0.29, 0.717) is 16.3 Å². The van der Waals surface area contributed by atoms with Gasteiger partial charge in [-0.25, -0.2) is 4.98 Å². The van der Waals surface area contributed by atoms with Gasteiger partial charge >= 0.3 is 5.97 Å². The zero-order valence-corrected chi connectivity index (χ0v) is 15.9. The highest BCUT2D eigenvalue weighted by Crippen LogP contribution is 2.26. The largest absolute Gasteiger partial charge is 0.481 e. The molecule has 2 rings (SSSR count). The second-order valence-corrected chi connectivity index (χ2v) is 8.13. The standard InChI is InChI=1S/C18H21ClN2O3S/c1-18(2,3)17-20-13(10-25-17)8-15(22)21-14(9-16(23)24)11-4-6-12(19)7-5-11/h4-7,10,14H,8-9H2,1-3H3,(H,21,22)(H,23,24)/t14-/m0/s1. The minimum atomic E-state index is -0.982. The number of carbonyl (C=O) groups excluding carboxylic acids is 1. The molecule has 134 valence electrons. The summed E-state index contributed by atoms with van der Waals surface area (Å²) >= 11 is 7.39. The van der Waals surface area contributed by atoms with Crippen molar-refractivity contribution < 1.29 is 14.7 Å². The highest BCUT2D eigenvalue weighted by molar-refractivity contribution is 7.09. The molecule has 25 heavy (non-hydrogen) atoms. The summed E-state index contributed by atoms with van der Waals surface area (Å²) in [5.41, 5.74) is 1.33. The molecule has 0 aliphatic heterocycles. The van der Waals surface area contributed by atoms with Crippen LogP contribution in [-0.4, -0.2) is 22.0 Å². The molecule has 0 fully saturated rings. The molecule has 0 bridgehead atoms. The molecule has 1 amide bonds. The third-order valence-electron chi connectivity index (χ3n) is 3.52. The van der Waals surface area contributed by atoms with Crippen molar-refractivity contribution in [3.63, 3.8) is 0 Å². The van der Waals surface area contributed by atoms with E-state index in [2.05, 4.69) is 31.1 Å². The fourth-order valence-electron chi connectivity index (χ4n) is 2.26. The Labute approximate surface area is 156 Å². The number of halogens is 1. The first-order valence-corrected chi connectivity index (χ1v) is 9.12. The van der Waals surface area contributed by atoms with Crippen molar-refractivity contribution in [2.45, 2.75) is 45.1 Å². The van der Waals surface area contributed by atoms with Gasteiger partial charge in [0.05, 0.1) is 29.6 Å². The Morgan fingerprint density at radius 3 is 2.44 bits per heavy atom. The van der Waals surface area contributed by atoms with Crippen molar-refractivity contribution in [1.29, 1.82) is 0 Å². The number of amides is 1. The number of carboxylic acid groups (broad SMARTS) is 1. The van der Waals surface area contributed by atoms with Gasteiger partial charge in [0.2, 0.25) is 5.91 Å². The van der Waals surface area contributed by atoms with E-state index in [4.69, 9.17) is 16.7 Å². The van der Waals surface area contributed by atoms with E-state index in [0.717, 1.165) is 5.01 Å². The average Bonchev–Trinajstić information content (AvgIpc) is 2.95. The smallest absolute Gasteiger partial charge is 0.305 e. The molecule has 5 nitrogen and oxygen atoms in total. The van der Waals surface area contributed by atoms with Crippen molar-refractivity contribution in [3.05, 3.63) is 50.9 Å². The normalized spacial score (nSPS) is 12.6. The minimum absolute atomic E-state index is 0.0610. The minimum Gasteiger partial charge on any atom is -0.481 e. The van der Waals surface area contributed by atoms with Gasteiger partial charge in [0, 0.05) is 15.8 Å². The molecular weight excluding hydrogens is 360 g/mol. The molecule has 2 aromatic rings. The molecule has 0 saturated carbocycles. The SMILES string of the molecule is CC(C)(C)c1nc(CC(=O)N[C@@H](CC(=O)O)c2ccc(Cl)cc2)cs1. The molecule has 0 unspecified atom stereocenters. The number of hydrogen-bond acceptors (Lipinski definition) is 4. The van der Waals surface area contributed by atoms with Crippen LogP contribution in [0.2, 0.25) is 5.02 Å². The third kappa shape index (κ3) is 5.83. The number of thiazole rings is 1. The Kier molecular flexibility index (Phi) is 6.19. The van der Waals surface area contributed by atoms with E-state index in [1.165, 1.54) is 11.3 Å². The van der Waals surface area contributed by atoms with Gasteiger partial charge in [-0.3, -0.25) is 9.59 Å². The van der Waals surface area contributed by atoms with Crippen LogP contribution in [0.25, 0.3) is 0 Å². The van der Waals surface area contributed by atoms with Crippen LogP contribution >= 0.6 is 22.9 Å². The predicted molar refractivity (Wildman–Crippen MR) is 99.1 cm³/mol. The first-order chi connectivity index (χ1) is 11.6. The van der Waals surface area contributed by atoms with E-state index < -0.39 is 12.0 Å². The Hall–Kier alpha value is -1.92. The molecular formula is C18H21ClN2O3S. The summed E-state index contributed by atoms with van der Waals surface area (Å²) in [4.78, 5) is 28.0. The van der Waals surface area contributed by atoms with Gasteiger partial charge in [-0.1, -0.05) is 44.5 Å². The Bertz CT molecular complexity index is 750. The molecule has 7 heteroatoms. The molecule has 0 saturated heterocycles. The van der Waals surface area contributed by atoms with Crippen LogP contribution in [0.5, 0.6) is 0 Å². The number of carboxylic acids is 1. The summed E-state index contributed by atoms with van der Waals surface area (Å²) in [7, 11) is 0. The zero-order chi connectivity index (χ0) is 18.6. The molecule has 1 aromatic heterocycles. The van der Waals surface area contributed by atoms with Gasteiger partial charge < -0.3 is 10.4 Å². The maximum absolute atomic E-state index is 12.3. The van der Waals surface area contributed by atoms with E-state index in [-0.39, 0.29) is 24.2 Å². The number of nitrogens with zero attached hydrogens (tertiary/aromatic N) is 1. The number of aliphatic carboxylic acids is 1. The molecule has 2 N–H and O–H groups in total. The first kappa shape index (κ1) is 19.4. The molecule has 0 radical (unpaired) electrons. The van der Waals surface area contributed by atoms with Crippen LogP contribution < -0.4 is 5.32 Å². The lowest BCUT2D eigenvalue weighted by Gasteiger charge is -2.17. The summed E-state index contributed by atoms with van der Waals surface area (Å²) in [6, 6.07) is 6.18. The van der Waals surface area contributed by atoms with Gasteiger partial charge in [0.15, 0.2) is 0 Å². The Balaban J connectivity index is 2.07. The lowest BCUT2D eigenvalue weighted by Crippen LogP contribution is -2.31. The van der Waals surface area contributed by atoms with Crippen LogP contribution in [0.1, 0.15) is 49.5 Å². The molecule has 1 heterocycles. The van der Waals surface area contributed by atoms with Crippen molar-refractivity contribution in [3.8, 4) is 0 Å². The Morgan fingerprint density at radius 1 is 1.28 bits per heavy atom. The average molecular weight is 381 g/mol. The topological polar surface area (TPSA) is 79.3 Å². The van der Waals surface area contributed by atoms with Gasteiger partial charge in [-0.15, -0.1) is 11.3 Å². The van der Waals surface area contributed by atoms with E-state index in [1.54, 1.807) is 24.3 Å². The molecule has 1 aromatic carbocycles. The molecule has 0 spiro atoms. The van der Waals surface area contributed by atoms with E-state index in [9.17, 15) is 9.59 Å². The van der Waals surface area contributed by atoms with Crippen LogP contribution in [0, 0.1) is 0 Å². The van der Waals surface area contributed by atoms with Crippen LogP contribution in [0.4, 0.5) is 0 Å². The number of hydrogen-bond donors (Lipinski definition) is 2.